The number of hydrogen-bond acceptors (Lipinski definition) is 6. The number of amides is 1. The number of nitrogens with one attached hydrogen (secondary N) is 2. The van der Waals surface area contributed by atoms with Crippen LogP contribution in [0.3, 0.4) is 0 Å². The predicted octanol–water partition coefficient (Wildman–Crippen LogP) is 0.323. The van der Waals surface area contributed by atoms with Crippen molar-refractivity contribution in [1.82, 2.24) is 14.5 Å². The van der Waals surface area contributed by atoms with Crippen LogP contribution in [-0.4, -0.2) is 77.0 Å². The Labute approximate surface area is 154 Å². The van der Waals surface area contributed by atoms with Crippen LogP contribution in [0.4, 0.5) is 5.69 Å². The summed E-state index contributed by atoms with van der Waals surface area (Å²) in [4.78, 5) is 16.2. The Morgan fingerprint density at radius 3 is 2.73 bits per heavy atom. The van der Waals surface area contributed by atoms with Gasteiger partial charge >= 0.3 is 0 Å². The molecule has 0 radical (unpaired) electrons. The molecule has 1 saturated heterocycles. The molecule has 0 atom stereocenters. The van der Waals surface area contributed by atoms with Crippen molar-refractivity contribution in [3.63, 3.8) is 0 Å². The molecule has 8 nitrogen and oxygen atoms in total. The number of likely N-dealkylation sites (N-methyl/N-ethyl adjacent to an activating group) is 1. The molecule has 1 aromatic rings. The van der Waals surface area contributed by atoms with Crippen molar-refractivity contribution in [2.24, 2.45) is 0 Å². The number of anilines is 1. The summed E-state index contributed by atoms with van der Waals surface area (Å²) in [5.74, 6) is 0.194. The van der Waals surface area contributed by atoms with E-state index in [9.17, 15) is 13.2 Å². The third-order valence-corrected chi connectivity index (χ3v) is 6.14. The van der Waals surface area contributed by atoms with E-state index >= 15 is 0 Å². The van der Waals surface area contributed by atoms with Gasteiger partial charge in [0.1, 0.15) is 5.75 Å². The number of piperazine rings is 1. The summed E-state index contributed by atoms with van der Waals surface area (Å²) in [6, 6.07) is 4.48. The van der Waals surface area contributed by atoms with E-state index in [2.05, 4.69) is 26.9 Å². The second-order valence-electron chi connectivity index (χ2n) is 6.74. The number of ether oxygens (including phenoxy) is 1. The van der Waals surface area contributed by atoms with Gasteiger partial charge in [0.25, 0.3) is 5.91 Å². The van der Waals surface area contributed by atoms with Gasteiger partial charge in [-0.1, -0.05) is 0 Å². The lowest BCUT2D eigenvalue weighted by atomic mass is 10.2. The van der Waals surface area contributed by atoms with Crippen LogP contribution >= 0.6 is 0 Å². The number of sulfonamides is 1. The molecule has 1 aromatic carbocycles. The number of carbonyl (C=O) groups is 1. The molecule has 0 aromatic heterocycles. The Balaban J connectivity index is 1.45. The molecule has 0 aliphatic carbocycles. The highest BCUT2D eigenvalue weighted by atomic mass is 32.2. The summed E-state index contributed by atoms with van der Waals surface area (Å²) >= 11 is 0. The fourth-order valence-corrected chi connectivity index (χ4v) is 4.15. The smallest absolute Gasteiger partial charge is 0.262 e. The molecule has 2 heterocycles. The summed E-state index contributed by atoms with van der Waals surface area (Å²) in [5, 5.41) is 2.62. The van der Waals surface area contributed by atoms with Crippen molar-refractivity contribution in [3.05, 3.63) is 18.2 Å². The fourth-order valence-electron chi connectivity index (χ4n) is 3.05. The number of fused-ring (bicyclic) bond motifs is 1. The van der Waals surface area contributed by atoms with Crippen molar-refractivity contribution in [3.8, 4) is 5.75 Å². The Kier molecular flexibility index (Phi) is 6.13. The van der Waals surface area contributed by atoms with Crippen molar-refractivity contribution in [2.45, 2.75) is 17.7 Å². The number of unbranched alkanes of at least 4 members (excludes halogenated alkanes) is 1. The molecule has 0 bridgehead atoms. The van der Waals surface area contributed by atoms with Gasteiger partial charge in [0.05, 0.1) is 10.6 Å². The van der Waals surface area contributed by atoms with E-state index < -0.39 is 10.0 Å². The third kappa shape index (κ3) is 4.94. The molecule has 1 fully saturated rings. The van der Waals surface area contributed by atoms with Gasteiger partial charge in [-0.2, -0.15) is 0 Å². The summed E-state index contributed by atoms with van der Waals surface area (Å²) in [6.07, 6.45) is 1.75. The quantitative estimate of drug-likeness (QED) is 0.660. The topological polar surface area (TPSA) is 91.0 Å². The maximum atomic E-state index is 12.4. The molecule has 144 valence electrons. The molecule has 26 heavy (non-hydrogen) atoms. The maximum absolute atomic E-state index is 12.4. The van der Waals surface area contributed by atoms with Crippen LogP contribution in [0.25, 0.3) is 0 Å². The van der Waals surface area contributed by atoms with Crippen LogP contribution in [0.1, 0.15) is 12.8 Å². The number of hydrogen-bond donors (Lipinski definition) is 2. The SMILES string of the molecule is CN1CCN(CCCCNS(=O)(=O)c2ccc3c(c2)NC(=O)CO3)CC1. The van der Waals surface area contributed by atoms with E-state index in [0.29, 0.717) is 18.0 Å². The van der Waals surface area contributed by atoms with E-state index in [1.165, 1.54) is 12.1 Å². The molecule has 1 amide bonds. The van der Waals surface area contributed by atoms with E-state index in [1.54, 1.807) is 6.07 Å². The second kappa shape index (κ2) is 8.34. The Hall–Kier alpha value is -1.68. The standard InChI is InChI=1S/C17H26N4O4S/c1-20-8-10-21(11-9-20)7-3-2-6-18-26(23,24)14-4-5-16-15(12-14)19-17(22)13-25-16/h4-5,12,18H,2-3,6-11,13H2,1H3,(H,19,22). The third-order valence-electron chi connectivity index (χ3n) is 4.68. The predicted molar refractivity (Wildman–Crippen MR) is 98.9 cm³/mol. The van der Waals surface area contributed by atoms with Crippen LogP contribution in [0.5, 0.6) is 5.75 Å². The summed E-state index contributed by atoms with van der Waals surface area (Å²) in [5.41, 5.74) is 0.388. The van der Waals surface area contributed by atoms with Gasteiger partial charge in [0.15, 0.2) is 6.61 Å². The molecule has 2 N–H and O–H groups in total. The van der Waals surface area contributed by atoms with Crippen LogP contribution in [0.15, 0.2) is 23.1 Å². The summed E-state index contributed by atoms with van der Waals surface area (Å²) in [6.45, 7) is 5.67. The fraction of sp³-hybridized carbons (Fsp3) is 0.588. The van der Waals surface area contributed by atoms with Crippen molar-refractivity contribution in [2.75, 3.05) is 58.2 Å². The molecule has 0 spiro atoms. The minimum atomic E-state index is -3.60. The van der Waals surface area contributed by atoms with Gasteiger partial charge in [0, 0.05) is 32.7 Å². The molecule has 2 aliphatic rings. The highest BCUT2D eigenvalue weighted by Crippen LogP contribution is 2.29. The first-order valence-corrected chi connectivity index (χ1v) is 10.4. The van der Waals surface area contributed by atoms with Crippen molar-refractivity contribution >= 4 is 21.6 Å². The molecule has 3 rings (SSSR count). The Morgan fingerprint density at radius 1 is 1.19 bits per heavy atom. The van der Waals surface area contributed by atoms with Crippen molar-refractivity contribution < 1.29 is 17.9 Å². The maximum Gasteiger partial charge on any atom is 0.262 e. The number of benzene rings is 1. The lowest BCUT2D eigenvalue weighted by Gasteiger charge is -2.32. The van der Waals surface area contributed by atoms with Gasteiger partial charge < -0.3 is 19.9 Å². The molecule has 2 aliphatic heterocycles. The van der Waals surface area contributed by atoms with Gasteiger partial charge in [-0.15, -0.1) is 0 Å². The first-order chi connectivity index (χ1) is 12.4. The highest BCUT2D eigenvalue weighted by Gasteiger charge is 2.20. The van der Waals surface area contributed by atoms with Crippen LogP contribution < -0.4 is 14.8 Å². The van der Waals surface area contributed by atoms with E-state index in [0.717, 1.165) is 45.6 Å². The molecule has 0 saturated carbocycles. The zero-order valence-corrected chi connectivity index (χ0v) is 15.8. The van der Waals surface area contributed by atoms with Crippen LogP contribution in [-0.2, 0) is 14.8 Å². The first-order valence-electron chi connectivity index (χ1n) is 8.91. The lowest BCUT2D eigenvalue weighted by Crippen LogP contribution is -2.44. The van der Waals surface area contributed by atoms with E-state index in [1.807, 2.05) is 0 Å². The number of nitrogens with zero attached hydrogens (tertiary/aromatic N) is 2. The molecule has 0 unspecified atom stereocenters. The second-order valence-corrected chi connectivity index (χ2v) is 8.51. The average molecular weight is 382 g/mol. The summed E-state index contributed by atoms with van der Waals surface area (Å²) in [7, 11) is -1.47. The minimum Gasteiger partial charge on any atom is -0.482 e. The first kappa shape index (κ1) is 19.1. The van der Waals surface area contributed by atoms with Gasteiger partial charge in [-0.3, -0.25) is 4.79 Å². The number of rotatable bonds is 7. The van der Waals surface area contributed by atoms with Crippen LogP contribution in [0, 0.1) is 0 Å². The monoisotopic (exact) mass is 382 g/mol. The average Bonchev–Trinajstić information content (AvgIpc) is 2.62. The molecule has 9 heteroatoms. The number of carbonyl (C=O) groups excluding carboxylic acids is 1. The molecular formula is C17H26N4O4S. The van der Waals surface area contributed by atoms with E-state index in [-0.39, 0.29) is 17.4 Å². The van der Waals surface area contributed by atoms with Gasteiger partial charge in [-0.25, -0.2) is 13.1 Å². The molecular weight excluding hydrogens is 356 g/mol. The van der Waals surface area contributed by atoms with Crippen molar-refractivity contribution in [1.29, 1.82) is 0 Å². The summed E-state index contributed by atoms with van der Waals surface area (Å²) < 4.78 is 32.7. The zero-order chi connectivity index (χ0) is 18.6. The highest BCUT2D eigenvalue weighted by molar-refractivity contribution is 7.89. The van der Waals surface area contributed by atoms with Crippen LogP contribution in [0.2, 0.25) is 0 Å². The van der Waals surface area contributed by atoms with E-state index in [4.69, 9.17) is 4.74 Å². The van der Waals surface area contributed by atoms with Gasteiger partial charge in [-0.05, 0) is 44.6 Å². The van der Waals surface area contributed by atoms with Gasteiger partial charge in [0.2, 0.25) is 10.0 Å². The lowest BCUT2D eigenvalue weighted by molar-refractivity contribution is -0.118. The normalized spacial score (nSPS) is 18.9. The minimum absolute atomic E-state index is 0.0509. The Bertz CT molecular complexity index is 745. The largest absolute Gasteiger partial charge is 0.482 e. The Morgan fingerprint density at radius 2 is 1.96 bits per heavy atom. The zero-order valence-electron chi connectivity index (χ0n) is 15.0.